The van der Waals surface area contributed by atoms with Crippen molar-refractivity contribution in [1.29, 1.82) is 0 Å². The monoisotopic (exact) mass is 330 g/mol. The van der Waals surface area contributed by atoms with Crippen LogP contribution in [0.4, 0.5) is 10.5 Å². The zero-order valence-electron chi connectivity index (χ0n) is 13.8. The fourth-order valence-corrected chi connectivity index (χ4v) is 2.78. The minimum absolute atomic E-state index is 0.0936. The highest BCUT2D eigenvalue weighted by molar-refractivity contribution is 5.89. The number of nitrogens with one attached hydrogen (secondary N) is 1. The van der Waals surface area contributed by atoms with Crippen LogP contribution in [0.1, 0.15) is 37.4 Å². The van der Waals surface area contributed by atoms with Gasteiger partial charge in [0.15, 0.2) is 5.82 Å². The van der Waals surface area contributed by atoms with E-state index in [1.54, 1.807) is 4.90 Å². The van der Waals surface area contributed by atoms with Crippen LogP contribution in [0.2, 0.25) is 0 Å². The molecule has 1 aliphatic heterocycles. The Morgan fingerprint density at radius 3 is 3.04 bits per heavy atom. The molecule has 7 heteroatoms. The number of carbonyl (C=O) groups excluding carboxylic acids is 1. The summed E-state index contributed by atoms with van der Waals surface area (Å²) in [4.78, 5) is 18.6. The second-order valence-corrected chi connectivity index (χ2v) is 5.76. The fourth-order valence-electron chi connectivity index (χ4n) is 2.78. The summed E-state index contributed by atoms with van der Waals surface area (Å²) < 4.78 is 10.5. The van der Waals surface area contributed by atoms with Crippen LogP contribution in [-0.2, 0) is 11.3 Å². The highest BCUT2D eigenvalue weighted by Crippen LogP contribution is 2.25. The average Bonchev–Trinajstić information content (AvgIpc) is 3.10. The molecule has 1 aromatic heterocycles. The predicted octanol–water partition coefficient (Wildman–Crippen LogP) is 3.02. The van der Waals surface area contributed by atoms with Gasteiger partial charge in [0, 0.05) is 31.3 Å². The third-order valence-electron chi connectivity index (χ3n) is 4.01. The van der Waals surface area contributed by atoms with Crippen LogP contribution in [0.5, 0.6) is 0 Å². The molecule has 7 nitrogen and oxygen atoms in total. The van der Waals surface area contributed by atoms with Crippen LogP contribution in [0.25, 0.3) is 0 Å². The highest BCUT2D eigenvalue weighted by Gasteiger charge is 2.28. The fraction of sp³-hybridized carbons (Fsp3) is 0.471. The van der Waals surface area contributed by atoms with E-state index in [2.05, 4.69) is 15.5 Å². The summed E-state index contributed by atoms with van der Waals surface area (Å²) in [5, 5.41) is 6.97. The molecule has 2 amide bonds. The van der Waals surface area contributed by atoms with E-state index in [4.69, 9.17) is 9.26 Å². The van der Waals surface area contributed by atoms with Crippen LogP contribution >= 0.6 is 0 Å². The van der Waals surface area contributed by atoms with Crippen molar-refractivity contribution in [3.63, 3.8) is 0 Å². The number of hydrogen-bond acceptors (Lipinski definition) is 5. The number of likely N-dealkylation sites (tertiary alicyclic amines) is 1. The van der Waals surface area contributed by atoms with E-state index in [-0.39, 0.29) is 11.9 Å². The van der Waals surface area contributed by atoms with Crippen LogP contribution in [-0.4, -0.2) is 40.8 Å². The molecule has 24 heavy (non-hydrogen) atoms. The molecule has 2 heterocycles. The van der Waals surface area contributed by atoms with Gasteiger partial charge in [-0.15, -0.1) is 0 Å². The van der Waals surface area contributed by atoms with Gasteiger partial charge in [0.25, 0.3) is 5.89 Å². The molecule has 1 aromatic carbocycles. The first kappa shape index (κ1) is 16.4. The van der Waals surface area contributed by atoms with Crippen molar-refractivity contribution in [2.75, 3.05) is 25.0 Å². The molecule has 128 valence electrons. The molecule has 3 rings (SSSR count). The molecule has 0 aliphatic carbocycles. The van der Waals surface area contributed by atoms with Crippen LogP contribution in [0.3, 0.4) is 0 Å². The number of rotatable bonds is 5. The molecule has 1 saturated heterocycles. The Hall–Kier alpha value is -2.41. The average molecular weight is 330 g/mol. The summed E-state index contributed by atoms with van der Waals surface area (Å²) in [6.07, 6.45) is 1.87. The molecule has 1 unspecified atom stereocenters. The first-order valence-corrected chi connectivity index (χ1v) is 8.27. The smallest absolute Gasteiger partial charge is 0.321 e. The second-order valence-electron chi connectivity index (χ2n) is 5.76. The number of amides is 2. The van der Waals surface area contributed by atoms with Gasteiger partial charge in [-0.3, -0.25) is 0 Å². The standard InChI is InChI=1S/C17H22N4O3/c1-2-23-12-15-19-16(20-24-15)13-7-6-10-21(11-13)17(22)18-14-8-4-3-5-9-14/h3-5,8-9,13H,2,6-7,10-12H2,1H3,(H,18,22). The van der Waals surface area contributed by atoms with Gasteiger partial charge in [-0.2, -0.15) is 4.98 Å². The number of carbonyl (C=O) groups is 1. The minimum Gasteiger partial charge on any atom is -0.372 e. The lowest BCUT2D eigenvalue weighted by atomic mass is 9.98. The molecule has 0 radical (unpaired) electrons. The number of hydrogen-bond donors (Lipinski definition) is 1. The largest absolute Gasteiger partial charge is 0.372 e. The topological polar surface area (TPSA) is 80.5 Å². The number of nitrogens with zero attached hydrogens (tertiary/aromatic N) is 3. The Kier molecular flexibility index (Phi) is 5.43. The molecule has 2 aromatic rings. The summed E-state index contributed by atoms with van der Waals surface area (Å²) in [7, 11) is 0. The maximum Gasteiger partial charge on any atom is 0.321 e. The number of para-hydroxylation sites is 1. The van der Waals surface area contributed by atoms with Crippen molar-refractivity contribution in [3.8, 4) is 0 Å². The molecular formula is C17H22N4O3. The molecule has 1 atom stereocenters. The SMILES string of the molecule is CCOCc1nc(C2CCCN(C(=O)Nc3ccccc3)C2)no1. The van der Waals surface area contributed by atoms with Gasteiger partial charge < -0.3 is 19.5 Å². The number of piperidine rings is 1. The van der Waals surface area contributed by atoms with Crippen molar-refractivity contribution in [1.82, 2.24) is 15.0 Å². The van der Waals surface area contributed by atoms with Gasteiger partial charge in [0.05, 0.1) is 0 Å². The first-order valence-electron chi connectivity index (χ1n) is 8.27. The number of urea groups is 1. The molecule has 0 saturated carbocycles. The molecule has 1 fully saturated rings. The van der Waals surface area contributed by atoms with Gasteiger partial charge in [0.1, 0.15) is 6.61 Å². The second kappa shape index (κ2) is 7.92. The highest BCUT2D eigenvalue weighted by atomic mass is 16.5. The van der Waals surface area contributed by atoms with Crippen molar-refractivity contribution < 1.29 is 14.1 Å². The number of benzene rings is 1. The zero-order chi connectivity index (χ0) is 16.8. The summed E-state index contributed by atoms with van der Waals surface area (Å²) in [5.41, 5.74) is 0.795. The van der Waals surface area contributed by atoms with Crippen LogP contribution in [0, 0.1) is 0 Å². The van der Waals surface area contributed by atoms with Gasteiger partial charge in [0.2, 0.25) is 0 Å². The normalized spacial score (nSPS) is 17.7. The lowest BCUT2D eigenvalue weighted by Crippen LogP contribution is -2.41. The van der Waals surface area contributed by atoms with Gasteiger partial charge in [-0.05, 0) is 31.9 Å². The van der Waals surface area contributed by atoms with Crippen LogP contribution in [0.15, 0.2) is 34.9 Å². The number of anilines is 1. The van der Waals surface area contributed by atoms with E-state index in [9.17, 15) is 4.79 Å². The predicted molar refractivity (Wildman–Crippen MR) is 88.6 cm³/mol. The summed E-state index contributed by atoms with van der Waals surface area (Å²) in [6.45, 7) is 4.18. The quantitative estimate of drug-likeness (QED) is 0.911. The summed E-state index contributed by atoms with van der Waals surface area (Å²) >= 11 is 0. The molecule has 0 bridgehead atoms. The van der Waals surface area contributed by atoms with E-state index in [0.717, 1.165) is 25.1 Å². The van der Waals surface area contributed by atoms with Crippen molar-refractivity contribution in [2.45, 2.75) is 32.3 Å². The van der Waals surface area contributed by atoms with Crippen molar-refractivity contribution in [3.05, 3.63) is 42.0 Å². The van der Waals surface area contributed by atoms with E-state index < -0.39 is 0 Å². The van der Waals surface area contributed by atoms with E-state index in [0.29, 0.717) is 31.5 Å². The molecule has 0 spiro atoms. The molecule has 1 aliphatic rings. The molecular weight excluding hydrogens is 308 g/mol. The van der Waals surface area contributed by atoms with Gasteiger partial charge in [-0.1, -0.05) is 23.4 Å². The zero-order valence-corrected chi connectivity index (χ0v) is 13.8. The van der Waals surface area contributed by atoms with Crippen LogP contribution < -0.4 is 5.32 Å². The van der Waals surface area contributed by atoms with E-state index >= 15 is 0 Å². The maximum absolute atomic E-state index is 12.4. The van der Waals surface area contributed by atoms with Crippen molar-refractivity contribution in [2.24, 2.45) is 0 Å². The Morgan fingerprint density at radius 1 is 1.42 bits per heavy atom. The lowest BCUT2D eigenvalue weighted by Gasteiger charge is -2.31. The third-order valence-corrected chi connectivity index (χ3v) is 4.01. The third kappa shape index (κ3) is 4.11. The van der Waals surface area contributed by atoms with Gasteiger partial charge in [-0.25, -0.2) is 4.79 Å². The Bertz CT molecular complexity index is 659. The van der Waals surface area contributed by atoms with E-state index in [1.807, 2.05) is 37.3 Å². The van der Waals surface area contributed by atoms with E-state index in [1.165, 1.54) is 0 Å². The van der Waals surface area contributed by atoms with Crippen molar-refractivity contribution >= 4 is 11.7 Å². The summed E-state index contributed by atoms with van der Waals surface area (Å²) in [6, 6.07) is 9.37. The summed E-state index contributed by atoms with van der Waals surface area (Å²) in [5.74, 6) is 1.24. The Balaban J connectivity index is 1.59. The minimum atomic E-state index is -0.0936. The van der Waals surface area contributed by atoms with Gasteiger partial charge >= 0.3 is 6.03 Å². The number of aromatic nitrogens is 2. The maximum atomic E-state index is 12.4. The molecule has 1 N–H and O–H groups in total. The lowest BCUT2D eigenvalue weighted by molar-refractivity contribution is 0.109. The Labute approximate surface area is 141 Å². The first-order chi connectivity index (χ1) is 11.8. The Morgan fingerprint density at radius 2 is 2.25 bits per heavy atom. The number of ether oxygens (including phenoxy) is 1.